The first-order chi connectivity index (χ1) is 6.04. The lowest BCUT2D eigenvalue weighted by Crippen LogP contribution is -1.84. The summed E-state index contributed by atoms with van der Waals surface area (Å²) in [5, 5.41) is 10.0. The molecule has 5 heteroatoms. The molecule has 0 radical (unpaired) electrons. The minimum atomic E-state index is -0.611. The number of non-ortho nitro benzene ring substituents is 1. The Morgan fingerprint density at radius 3 is 1.85 bits per heavy atom. The van der Waals surface area contributed by atoms with Crippen molar-refractivity contribution >= 4 is 16.5 Å². The van der Waals surface area contributed by atoms with Crippen LogP contribution in [-0.4, -0.2) is 21.6 Å². The number of nitro benzene ring substituents is 1. The fraction of sp³-hybridized carbons (Fsp3) is 0.250. The number of nitro groups is 1. The van der Waals surface area contributed by atoms with Crippen LogP contribution in [0.5, 0.6) is 0 Å². The third-order valence-corrected chi connectivity index (χ3v) is 0.967. The largest absolute Gasteiger partial charge is 0.269 e. The topological polar surface area (TPSA) is 60.2 Å². The lowest BCUT2D eigenvalue weighted by molar-refractivity contribution is -0.384. The highest BCUT2D eigenvalue weighted by Gasteiger charge is 1.98. The van der Waals surface area contributed by atoms with Crippen LogP contribution in [0.25, 0.3) is 0 Å². The molecule has 0 atom stereocenters. The number of hydrogen-bond donors (Lipinski definition) is 0. The lowest BCUT2D eigenvalue weighted by atomic mass is 10.3. The van der Waals surface area contributed by atoms with E-state index in [2.05, 4.69) is 0 Å². The van der Waals surface area contributed by atoms with Gasteiger partial charge in [-0.25, -0.2) is 0 Å². The zero-order valence-corrected chi connectivity index (χ0v) is 8.28. The molecule has 0 aliphatic carbocycles. The van der Waals surface area contributed by atoms with Crippen LogP contribution in [0.3, 0.4) is 0 Å². The lowest BCUT2D eigenvalue weighted by Gasteiger charge is -1.85. The average molecular weight is 201 g/mol. The average Bonchev–Trinajstić information content (AvgIpc) is 2.05. The van der Waals surface area contributed by atoms with Gasteiger partial charge in [0.2, 0.25) is 0 Å². The van der Waals surface area contributed by atoms with Crippen molar-refractivity contribution < 1.29 is 9.13 Å². The molecular weight excluding hydrogens is 190 g/mol. The predicted octanol–water partition coefficient (Wildman–Crippen LogP) is 1.59. The van der Waals surface area contributed by atoms with E-state index in [0.29, 0.717) is 0 Å². The SMILES string of the molecule is CS(C)=O.O=[N+]([O-])c1ccccc1. The van der Waals surface area contributed by atoms with E-state index >= 15 is 0 Å². The van der Waals surface area contributed by atoms with Gasteiger partial charge in [-0.15, -0.1) is 0 Å². The van der Waals surface area contributed by atoms with Crippen LogP contribution < -0.4 is 0 Å². The number of benzene rings is 1. The summed E-state index contributed by atoms with van der Waals surface area (Å²) >= 11 is 0. The van der Waals surface area contributed by atoms with Crippen LogP contribution in [0.15, 0.2) is 30.3 Å². The van der Waals surface area contributed by atoms with Gasteiger partial charge in [0.1, 0.15) is 0 Å². The van der Waals surface area contributed by atoms with E-state index in [1.54, 1.807) is 30.7 Å². The highest BCUT2D eigenvalue weighted by molar-refractivity contribution is 7.83. The normalized spacial score (nSPS) is 8.85. The second-order valence-electron chi connectivity index (χ2n) is 2.33. The van der Waals surface area contributed by atoms with Crippen LogP contribution in [0.4, 0.5) is 5.69 Å². The zero-order valence-electron chi connectivity index (χ0n) is 7.47. The van der Waals surface area contributed by atoms with Crippen molar-refractivity contribution in [2.24, 2.45) is 0 Å². The monoisotopic (exact) mass is 201 g/mol. The van der Waals surface area contributed by atoms with Crippen molar-refractivity contribution in [2.75, 3.05) is 12.5 Å². The molecule has 0 saturated carbocycles. The summed E-state index contributed by atoms with van der Waals surface area (Å²) in [5.74, 6) is 0. The summed E-state index contributed by atoms with van der Waals surface area (Å²) < 4.78 is 9.56. The second kappa shape index (κ2) is 6.30. The summed E-state index contributed by atoms with van der Waals surface area (Å²) in [6.07, 6.45) is 3.28. The number of nitrogens with zero attached hydrogens (tertiary/aromatic N) is 1. The smallest absolute Gasteiger partial charge is 0.260 e. The molecule has 1 aromatic carbocycles. The summed E-state index contributed by atoms with van der Waals surface area (Å²) in [6.45, 7) is 0. The summed E-state index contributed by atoms with van der Waals surface area (Å²) in [6, 6.07) is 7.93. The van der Waals surface area contributed by atoms with E-state index in [0.717, 1.165) is 0 Å². The second-order valence-corrected chi connectivity index (χ2v) is 3.82. The molecule has 0 fully saturated rings. The van der Waals surface area contributed by atoms with E-state index in [4.69, 9.17) is 0 Å². The maximum atomic E-state index is 10.0. The Kier molecular flexibility index (Phi) is 5.71. The molecule has 4 nitrogen and oxygen atoms in total. The summed E-state index contributed by atoms with van der Waals surface area (Å²) in [4.78, 5) is 9.59. The molecule has 0 heterocycles. The van der Waals surface area contributed by atoms with Gasteiger partial charge in [-0.2, -0.15) is 0 Å². The summed E-state index contributed by atoms with van der Waals surface area (Å²) in [7, 11) is -0.611. The maximum absolute atomic E-state index is 10.0. The molecular formula is C8H11NO3S. The number of hydrogen-bond acceptors (Lipinski definition) is 3. The molecule has 13 heavy (non-hydrogen) atoms. The van der Waals surface area contributed by atoms with Gasteiger partial charge in [0.05, 0.1) is 4.92 Å². The standard InChI is InChI=1S/C6H5NO2.C2H6OS/c8-7(9)6-4-2-1-3-5-6;1-4(2)3/h1-5H;1-2H3. The maximum Gasteiger partial charge on any atom is 0.269 e. The van der Waals surface area contributed by atoms with Gasteiger partial charge in [0, 0.05) is 35.4 Å². The van der Waals surface area contributed by atoms with Gasteiger partial charge in [-0.1, -0.05) is 18.2 Å². The molecule has 0 unspecified atom stereocenters. The molecule has 0 spiro atoms. The first kappa shape index (κ1) is 11.8. The van der Waals surface area contributed by atoms with E-state index in [9.17, 15) is 14.3 Å². The Bertz CT molecular complexity index is 283. The molecule has 0 aromatic heterocycles. The van der Waals surface area contributed by atoms with Crippen molar-refractivity contribution in [3.8, 4) is 0 Å². The van der Waals surface area contributed by atoms with Crippen molar-refractivity contribution in [3.05, 3.63) is 40.4 Å². The molecule has 0 saturated heterocycles. The zero-order chi connectivity index (χ0) is 10.3. The van der Waals surface area contributed by atoms with Crippen molar-refractivity contribution in [1.29, 1.82) is 0 Å². The number of rotatable bonds is 1. The third kappa shape index (κ3) is 7.14. The van der Waals surface area contributed by atoms with Gasteiger partial charge in [0.15, 0.2) is 0 Å². The van der Waals surface area contributed by atoms with Crippen LogP contribution >= 0.6 is 0 Å². The fourth-order valence-corrected chi connectivity index (χ4v) is 0.550. The minimum absolute atomic E-state index is 0.137. The Morgan fingerprint density at radius 1 is 1.23 bits per heavy atom. The predicted molar refractivity (Wildman–Crippen MR) is 53.1 cm³/mol. The fourth-order valence-electron chi connectivity index (χ4n) is 0.550. The van der Waals surface area contributed by atoms with Crippen LogP contribution in [0.2, 0.25) is 0 Å². The molecule has 0 amide bonds. The molecule has 1 rings (SSSR count). The van der Waals surface area contributed by atoms with Crippen molar-refractivity contribution in [3.63, 3.8) is 0 Å². The first-order valence-electron chi connectivity index (χ1n) is 3.48. The quantitative estimate of drug-likeness (QED) is 0.512. The van der Waals surface area contributed by atoms with Gasteiger partial charge in [-0.3, -0.25) is 14.3 Å². The molecule has 72 valence electrons. The number of para-hydroxylation sites is 1. The van der Waals surface area contributed by atoms with Crippen molar-refractivity contribution in [2.45, 2.75) is 0 Å². The Labute approximate surface area is 79.2 Å². The third-order valence-electron chi connectivity index (χ3n) is 0.967. The van der Waals surface area contributed by atoms with Gasteiger partial charge in [0.25, 0.3) is 5.69 Å². The van der Waals surface area contributed by atoms with Crippen LogP contribution in [0, 0.1) is 10.1 Å². The minimum Gasteiger partial charge on any atom is -0.260 e. The summed E-state index contributed by atoms with van der Waals surface area (Å²) in [5.41, 5.74) is 0.137. The van der Waals surface area contributed by atoms with E-state index in [1.807, 2.05) is 0 Å². The Morgan fingerprint density at radius 2 is 1.62 bits per heavy atom. The van der Waals surface area contributed by atoms with Crippen LogP contribution in [-0.2, 0) is 10.8 Å². The highest BCUT2D eigenvalue weighted by Crippen LogP contribution is 2.06. The van der Waals surface area contributed by atoms with Gasteiger partial charge in [-0.05, 0) is 0 Å². The molecule has 0 aliphatic heterocycles. The first-order valence-corrected chi connectivity index (χ1v) is 5.45. The molecule has 0 bridgehead atoms. The highest BCUT2D eigenvalue weighted by atomic mass is 32.2. The van der Waals surface area contributed by atoms with E-state index < -0.39 is 15.7 Å². The van der Waals surface area contributed by atoms with E-state index in [-0.39, 0.29) is 5.69 Å². The Balaban J connectivity index is 0.000000310. The molecule has 1 aromatic rings. The molecule has 0 aliphatic rings. The Hall–Kier alpha value is -1.23. The van der Waals surface area contributed by atoms with Gasteiger partial charge >= 0.3 is 0 Å². The van der Waals surface area contributed by atoms with Gasteiger partial charge < -0.3 is 0 Å². The van der Waals surface area contributed by atoms with Crippen LogP contribution in [0.1, 0.15) is 0 Å². The van der Waals surface area contributed by atoms with E-state index in [1.165, 1.54) is 12.1 Å². The molecule has 0 N–H and O–H groups in total. The van der Waals surface area contributed by atoms with Crippen molar-refractivity contribution in [1.82, 2.24) is 0 Å².